The third-order valence-corrected chi connectivity index (χ3v) is 16.0. The van der Waals surface area contributed by atoms with Crippen molar-refractivity contribution in [1.82, 2.24) is 4.90 Å². The number of rotatable bonds is 10. The quantitative estimate of drug-likeness (QED) is 0.186. The van der Waals surface area contributed by atoms with E-state index in [-0.39, 0.29) is 48.3 Å². The number of anilines is 3. The molecule has 2 N–H and O–H groups in total. The lowest BCUT2D eigenvalue weighted by atomic mass is 9.82. The zero-order valence-corrected chi connectivity index (χ0v) is 31.9. The van der Waals surface area contributed by atoms with Gasteiger partial charge < -0.3 is 29.5 Å². The molecule has 0 radical (unpaired) electrons. The molecule has 5 atom stereocenters. The minimum Gasteiger partial charge on any atom is -0.497 e. The SMILES string of the molecule is COc1ccc(C(=O)Nc2ccc3c(c2)[C@]2(O[C@@H](CC(=O)N4CCC[C@H]4CO)[C@H]([Si](C)(C)c4ccc(OC)cc4)[C@H]2C)C(=O)N3c2ccccc2)cc1. The van der Waals surface area contributed by atoms with Crippen molar-refractivity contribution in [3.8, 4) is 11.5 Å². The molecule has 0 aromatic heterocycles. The minimum atomic E-state index is -2.53. The van der Waals surface area contributed by atoms with Gasteiger partial charge in [0.15, 0.2) is 5.60 Å². The summed E-state index contributed by atoms with van der Waals surface area (Å²) in [4.78, 5) is 46.3. The molecule has 0 aliphatic carbocycles. The molecule has 2 saturated heterocycles. The van der Waals surface area contributed by atoms with Crippen LogP contribution < -0.4 is 24.9 Å². The number of para-hydroxylation sites is 1. The molecule has 1 spiro atoms. The molecule has 3 aliphatic heterocycles. The fraction of sp³-hybridized carbons (Fsp3) is 0.357. The molecule has 276 valence electrons. The van der Waals surface area contributed by atoms with Crippen LogP contribution in [0.5, 0.6) is 11.5 Å². The molecular weight excluding hydrogens is 687 g/mol. The number of carbonyl (C=O) groups excluding carboxylic acids is 3. The smallest absolute Gasteiger partial charge is 0.268 e. The van der Waals surface area contributed by atoms with E-state index in [0.29, 0.717) is 40.5 Å². The van der Waals surface area contributed by atoms with Crippen molar-refractivity contribution in [2.75, 3.05) is 37.6 Å². The highest BCUT2D eigenvalue weighted by molar-refractivity contribution is 6.91. The van der Waals surface area contributed by atoms with Crippen molar-refractivity contribution in [2.45, 2.75) is 62.6 Å². The second-order valence-corrected chi connectivity index (χ2v) is 19.5. The van der Waals surface area contributed by atoms with Crippen molar-refractivity contribution in [2.24, 2.45) is 5.92 Å². The number of nitrogens with one attached hydrogen (secondary N) is 1. The number of hydrogen-bond acceptors (Lipinski definition) is 7. The fourth-order valence-corrected chi connectivity index (χ4v) is 12.9. The first-order valence-electron chi connectivity index (χ1n) is 18.3. The number of fused-ring (bicyclic) bond motifs is 2. The second-order valence-electron chi connectivity index (χ2n) is 14.8. The molecule has 0 saturated carbocycles. The lowest BCUT2D eigenvalue weighted by Crippen LogP contribution is -2.52. The topological polar surface area (TPSA) is 118 Å². The Morgan fingerprint density at radius 2 is 1.60 bits per heavy atom. The van der Waals surface area contributed by atoms with Crippen LogP contribution in [0.15, 0.2) is 97.1 Å². The van der Waals surface area contributed by atoms with Crippen LogP contribution in [0.3, 0.4) is 0 Å². The van der Waals surface area contributed by atoms with Crippen molar-refractivity contribution in [1.29, 1.82) is 0 Å². The van der Waals surface area contributed by atoms with E-state index in [1.807, 2.05) is 54.6 Å². The number of methoxy groups -OCH3 is 2. The number of carbonyl (C=O) groups is 3. The first-order chi connectivity index (χ1) is 25.5. The van der Waals surface area contributed by atoms with Gasteiger partial charge in [-0.25, -0.2) is 0 Å². The second kappa shape index (κ2) is 14.5. The Morgan fingerprint density at radius 1 is 0.943 bits per heavy atom. The van der Waals surface area contributed by atoms with Crippen LogP contribution in [0.25, 0.3) is 0 Å². The third kappa shape index (κ3) is 6.30. The number of amides is 3. The van der Waals surface area contributed by atoms with Gasteiger partial charge in [-0.3, -0.25) is 19.3 Å². The van der Waals surface area contributed by atoms with Crippen LogP contribution in [0, 0.1) is 5.92 Å². The van der Waals surface area contributed by atoms with E-state index in [4.69, 9.17) is 14.2 Å². The van der Waals surface area contributed by atoms with Crippen molar-refractivity contribution < 1.29 is 33.7 Å². The summed E-state index contributed by atoms with van der Waals surface area (Å²) in [5.74, 6) is 0.441. The number of hydrogen-bond donors (Lipinski definition) is 2. The van der Waals surface area contributed by atoms with E-state index in [2.05, 4.69) is 37.5 Å². The molecule has 0 bridgehead atoms. The van der Waals surface area contributed by atoms with Gasteiger partial charge in [-0.05, 0) is 85.1 Å². The minimum absolute atomic E-state index is 0.0774. The number of nitrogens with zero attached hydrogens (tertiary/aromatic N) is 2. The maximum Gasteiger partial charge on any atom is 0.268 e. The van der Waals surface area contributed by atoms with Crippen LogP contribution in [0.4, 0.5) is 17.1 Å². The number of ether oxygens (including phenoxy) is 3. The maximum atomic E-state index is 15.3. The van der Waals surface area contributed by atoms with Gasteiger partial charge in [-0.15, -0.1) is 0 Å². The number of benzene rings is 4. The van der Waals surface area contributed by atoms with Gasteiger partial charge in [-0.1, -0.05) is 55.5 Å². The molecule has 2 fully saturated rings. The van der Waals surface area contributed by atoms with Crippen molar-refractivity contribution in [3.05, 3.63) is 108 Å². The van der Waals surface area contributed by atoms with E-state index >= 15 is 4.79 Å². The van der Waals surface area contributed by atoms with Gasteiger partial charge >= 0.3 is 0 Å². The van der Waals surface area contributed by atoms with Gasteiger partial charge in [0.2, 0.25) is 5.91 Å². The number of aliphatic hydroxyl groups is 1. The van der Waals surface area contributed by atoms with E-state index in [0.717, 1.165) is 23.8 Å². The Labute approximate surface area is 311 Å². The summed E-state index contributed by atoms with van der Waals surface area (Å²) in [6.45, 7) is 7.14. The van der Waals surface area contributed by atoms with Gasteiger partial charge in [-0.2, -0.15) is 0 Å². The van der Waals surface area contributed by atoms with Crippen molar-refractivity contribution in [3.63, 3.8) is 0 Å². The van der Waals surface area contributed by atoms with E-state index in [1.165, 1.54) is 0 Å². The Morgan fingerprint density at radius 3 is 2.25 bits per heavy atom. The first-order valence-corrected chi connectivity index (χ1v) is 21.3. The van der Waals surface area contributed by atoms with Gasteiger partial charge in [0.05, 0.1) is 53.2 Å². The third-order valence-electron chi connectivity index (χ3n) is 11.7. The van der Waals surface area contributed by atoms with E-state index in [9.17, 15) is 14.7 Å². The highest BCUT2D eigenvalue weighted by Crippen LogP contribution is 2.61. The van der Waals surface area contributed by atoms with E-state index in [1.54, 1.807) is 54.4 Å². The van der Waals surface area contributed by atoms with E-state index < -0.39 is 19.8 Å². The van der Waals surface area contributed by atoms with Gasteiger partial charge in [0.25, 0.3) is 11.8 Å². The van der Waals surface area contributed by atoms with Gasteiger partial charge in [0, 0.05) is 35.0 Å². The molecule has 7 rings (SSSR count). The van der Waals surface area contributed by atoms with Crippen LogP contribution in [-0.4, -0.2) is 75.3 Å². The Hall–Kier alpha value is -4.97. The number of aliphatic hydroxyl groups excluding tert-OH is 1. The highest BCUT2D eigenvalue weighted by Gasteiger charge is 2.67. The van der Waals surface area contributed by atoms with Crippen LogP contribution in [0.1, 0.15) is 42.1 Å². The Kier molecular flexibility index (Phi) is 9.92. The Bertz CT molecular complexity index is 1990. The summed E-state index contributed by atoms with van der Waals surface area (Å²) in [5, 5.41) is 14.3. The maximum absolute atomic E-state index is 15.3. The van der Waals surface area contributed by atoms with Crippen LogP contribution >= 0.6 is 0 Å². The molecule has 3 aliphatic rings. The molecule has 4 aromatic carbocycles. The average Bonchev–Trinajstić information content (AvgIpc) is 3.85. The average molecular weight is 734 g/mol. The molecule has 10 nitrogen and oxygen atoms in total. The predicted molar refractivity (Wildman–Crippen MR) is 207 cm³/mol. The summed E-state index contributed by atoms with van der Waals surface area (Å²) in [7, 11) is 0.688. The van der Waals surface area contributed by atoms with Crippen molar-refractivity contribution >= 4 is 48.0 Å². The molecule has 11 heteroatoms. The van der Waals surface area contributed by atoms with Crippen LogP contribution in [0.2, 0.25) is 18.6 Å². The monoisotopic (exact) mass is 733 g/mol. The lowest BCUT2D eigenvalue weighted by molar-refractivity contribution is -0.149. The standard InChI is InChI=1S/C42H47N3O7Si/c1-27-39(53(4,5)34-20-18-33(51-3)19-21-34)37(25-38(47)44-23-9-12-31(44)26-46)52-42(27)35-24-29(43-40(48)28-13-16-32(50-2)17-14-28)15-22-36(35)45(41(42)49)30-10-7-6-8-11-30/h6-8,10-11,13-22,24,27,31,37,39,46H,9,12,23,25-26H2,1-5H3,(H,43,48)/t27-,31+,37+,39-,42+/m1/s1. The fourth-order valence-electron chi connectivity index (χ4n) is 8.94. The molecular formula is C42H47N3O7Si. The summed E-state index contributed by atoms with van der Waals surface area (Å²) < 4.78 is 18.0. The lowest BCUT2D eigenvalue weighted by Gasteiger charge is -2.37. The Balaban J connectivity index is 1.33. The molecule has 53 heavy (non-hydrogen) atoms. The normalized spacial score (nSPS) is 23.7. The summed E-state index contributed by atoms with van der Waals surface area (Å²) in [6, 6.07) is 29.8. The first kappa shape index (κ1) is 36.4. The largest absolute Gasteiger partial charge is 0.497 e. The zero-order chi connectivity index (χ0) is 37.5. The molecule has 4 aromatic rings. The summed E-state index contributed by atoms with van der Waals surface area (Å²) in [6.07, 6.45) is 1.08. The highest BCUT2D eigenvalue weighted by atomic mass is 28.3. The van der Waals surface area contributed by atoms with Crippen LogP contribution in [-0.2, 0) is 19.9 Å². The van der Waals surface area contributed by atoms with Gasteiger partial charge in [0.1, 0.15) is 11.5 Å². The zero-order valence-electron chi connectivity index (χ0n) is 30.9. The molecule has 3 heterocycles. The number of likely N-dealkylation sites (tertiary alicyclic amines) is 1. The molecule has 3 amide bonds. The summed E-state index contributed by atoms with van der Waals surface area (Å²) in [5.41, 5.74) is 1.40. The summed E-state index contributed by atoms with van der Waals surface area (Å²) >= 11 is 0. The molecule has 0 unspecified atom stereocenters. The predicted octanol–water partition coefficient (Wildman–Crippen LogP) is 6.22.